The standard InChI is InChI=1S/C60H43N3/c1-41-34-35-61-56(36-41)50-29-15-14-22-46(50)37-42-32-33-51-54(38-42)60(48-25-10-4-11-26-48,49-27-12-5-13-28-49)53-31-17-30-52(58(51)53)57-40-55(44-20-8-3-9-21-44)62-59(63-57)47-24-16-23-45(39-47)43-18-6-2-7-19-43/h2-36,38-40H,37H2,1H3. The zero-order valence-electron chi connectivity index (χ0n) is 35.0. The summed E-state index contributed by atoms with van der Waals surface area (Å²) in [5.74, 6) is 0.689. The van der Waals surface area contributed by atoms with Gasteiger partial charge in [-0.25, -0.2) is 9.97 Å². The smallest absolute Gasteiger partial charge is 0.160 e. The number of nitrogens with zero attached hydrogens (tertiary/aromatic N) is 3. The van der Waals surface area contributed by atoms with E-state index in [0.717, 1.165) is 56.9 Å². The number of rotatable bonds is 9. The molecule has 63 heavy (non-hydrogen) atoms. The van der Waals surface area contributed by atoms with E-state index in [0.29, 0.717) is 5.82 Å². The summed E-state index contributed by atoms with van der Waals surface area (Å²) in [6.07, 6.45) is 2.67. The molecule has 0 saturated carbocycles. The first-order valence-electron chi connectivity index (χ1n) is 21.6. The summed E-state index contributed by atoms with van der Waals surface area (Å²) in [6, 6.07) is 80.7. The summed E-state index contributed by atoms with van der Waals surface area (Å²) < 4.78 is 0. The summed E-state index contributed by atoms with van der Waals surface area (Å²) in [5.41, 5.74) is 19.7. The number of aryl methyl sites for hydroxylation is 1. The summed E-state index contributed by atoms with van der Waals surface area (Å²) in [5, 5.41) is 0. The van der Waals surface area contributed by atoms with Crippen molar-refractivity contribution in [1.29, 1.82) is 0 Å². The van der Waals surface area contributed by atoms with Crippen molar-refractivity contribution in [1.82, 2.24) is 15.0 Å². The van der Waals surface area contributed by atoms with Crippen molar-refractivity contribution in [2.45, 2.75) is 18.8 Å². The highest BCUT2D eigenvalue weighted by molar-refractivity contribution is 5.95. The van der Waals surface area contributed by atoms with Crippen LogP contribution in [0, 0.1) is 6.92 Å². The first-order valence-corrected chi connectivity index (χ1v) is 21.6. The Bertz CT molecular complexity index is 3210. The number of hydrogen-bond donors (Lipinski definition) is 0. The van der Waals surface area contributed by atoms with Crippen molar-refractivity contribution in [3.63, 3.8) is 0 Å². The Kier molecular flexibility index (Phi) is 9.71. The van der Waals surface area contributed by atoms with E-state index in [-0.39, 0.29) is 0 Å². The first kappa shape index (κ1) is 38.0. The molecule has 0 spiro atoms. The molecule has 8 aromatic carbocycles. The van der Waals surface area contributed by atoms with E-state index in [4.69, 9.17) is 15.0 Å². The van der Waals surface area contributed by atoms with Crippen molar-refractivity contribution < 1.29 is 0 Å². The van der Waals surface area contributed by atoms with Gasteiger partial charge in [0.15, 0.2) is 5.82 Å². The molecule has 0 N–H and O–H groups in total. The Balaban J connectivity index is 1.14. The highest BCUT2D eigenvalue weighted by atomic mass is 14.9. The summed E-state index contributed by atoms with van der Waals surface area (Å²) in [7, 11) is 0. The molecule has 0 unspecified atom stereocenters. The van der Waals surface area contributed by atoms with E-state index in [1.54, 1.807) is 0 Å². The average molecular weight is 806 g/mol. The summed E-state index contributed by atoms with van der Waals surface area (Å²) >= 11 is 0. The van der Waals surface area contributed by atoms with Crippen LogP contribution < -0.4 is 0 Å². The molecule has 0 amide bonds. The fourth-order valence-electron chi connectivity index (χ4n) is 9.68. The van der Waals surface area contributed by atoms with Gasteiger partial charge in [-0.2, -0.15) is 0 Å². The van der Waals surface area contributed by atoms with Gasteiger partial charge in [-0.1, -0.05) is 200 Å². The molecule has 298 valence electrons. The van der Waals surface area contributed by atoms with Gasteiger partial charge in [0.05, 0.1) is 22.5 Å². The van der Waals surface area contributed by atoms with Crippen LogP contribution in [-0.2, 0) is 11.8 Å². The van der Waals surface area contributed by atoms with Crippen LogP contribution >= 0.6 is 0 Å². The molecule has 0 saturated heterocycles. The maximum Gasteiger partial charge on any atom is 0.160 e. The van der Waals surface area contributed by atoms with Gasteiger partial charge in [-0.05, 0) is 98.8 Å². The van der Waals surface area contributed by atoms with Crippen molar-refractivity contribution >= 4 is 0 Å². The Labute approximate surface area is 369 Å². The summed E-state index contributed by atoms with van der Waals surface area (Å²) in [4.78, 5) is 15.5. The zero-order chi connectivity index (χ0) is 42.2. The highest BCUT2D eigenvalue weighted by Gasteiger charge is 2.47. The second kappa shape index (κ2) is 16.1. The molecule has 0 radical (unpaired) electrons. The van der Waals surface area contributed by atoms with Crippen molar-refractivity contribution in [3.05, 3.63) is 270 Å². The van der Waals surface area contributed by atoms with E-state index in [9.17, 15) is 0 Å². The Hall–Kier alpha value is -8.01. The molecule has 1 aliphatic rings. The van der Waals surface area contributed by atoms with Gasteiger partial charge in [0.2, 0.25) is 0 Å². The molecule has 2 aromatic heterocycles. The minimum atomic E-state index is -0.598. The number of benzene rings is 8. The van der Waals surface area contributed by atoms with Crippen LogP contribution in [0.2, 0.25) is 0 Å². The molecule has 3 nitrogen and oxygen atoms in total. The van der Waals surface area contributed by atoms with Gasteiger partial charge in [-0.3, -0.25) is 4.98 Å². The van der Waals surface area contributed by atoms with Crippen LogP contribution in [-0.4, -0.2) is 15.0 Å². The lowest BCUT2D eigenvalue weighted by molar-refractivity contribution is 0.767. The fraction of sp³-hybridized carbons (Fsp3) is 0.0500. The molecular weight excluding hydrogens is 763 g/mol. The van der Waals surface area contributed by atoms with E-state index in [1.807, 2.05) is 6.20 Å². The Morgan fingerprint density at radius 3 is 1.73 bits per heavy atom. The normalized spacial score (nSPS) is 12.4. The number of hydrogen-bond acceptors (Lipinski definition) is 3. The largest absolute Gasteiger partial charge is 0.256 e. The first-order chi connectivity index (χ1) is 31.1. The molecule has 2 heterocycles. The molecular formula is C60H43N3. The molecule has 1 aliphatic carbocycles. The molecule has 0 bridgehead atoms. The quantitative estimate of drug-likeness (QED) is 0.146. The second-order valence-corrected chi connectivity index (χ2v) is 16.4. The highest BCUT2D eigenvalue weighted by Crippen LogP contribution is 2.58. The SMILES string of the molecule is Cc1ccnc(-c2ccccc2Cc2ccc3c(c2)C(c2ccccc2)(c2ccccc2)c2cccc(-c4cc(-c5ccccc5)nc(-c5cccc(-c6ccccc6)c5)n4)c2-3)c1. The molecule has 3 heteroatoms. The van der Waals surface area contributed by atoms with Gasteiger partial charge in [0, 0.05) is 28.5 Å². The monoisotopic (exact) mass is 805 g/mol. The van der Waals surface area contributed by atoms with Gasteiger partial charge < -0.3 is 0 Å². The van der Waals surface area contributed by atoms with Crippen molar-refractivity contribution in [3.8, 4) is 67.4 Å². The van der Waals surface area contributed by atoms with Crippen LogP contribution in [0.1, 0.15) is 38.9 Å². The predicted octanol–water partition coefficient (Wildman–Crippen LogP) is 14.5. The molecule has 11 rings (SSSR count). The lowest BCUT2D eigenvalue weighted by Crippen LogP contribution is -2.28. The molecule has 0 atom stereocenters. The van der Waals surface area contributed by atoms with Gasteiger partial charge in [0.25, 0.3) is 0 Å². The van der Waals surface area contributed by atoms with Crippen molar-refractivity contribution in [2.75, 3.05) is 0 Å². The van der Waals surface area contributed by atoms with E-state index in [1.165, 1.54) is 50.1 Å². The third kappa shape index (κ3) is 6.85. The van der Waals surface area contributed by atoms with E-state index in [2.05, 4.69) is 231 Å². The van der Waals surface area contributed by atoms with Crippen molar-refractivity contribution in [2.24, 2.45) is 0 Å². The minimum Gasteiger partial charge on any atom is -0.256 e. The third-order valence-electron chi connectivity index (χ3n) is 12.5. The maximum absolute atomic E-state index is 5.48. The average Bonchev–Trinajstić information content (AvgIpc) is 3.65. The molecule has 10 aromatic rings. The number of fused-ring (bicyclic) bond motifs is 3. The van der Waals surface area contributed by atoms with Gasteiger partial charge in [0.1, 0.15) is 0 Å². The predicted molar refractivity (Wildman–Crippen MR) is 258 cm³/mol. The van der Waals surface area contributed by atoms with E-state index < -0.39 is 5.41 Å². The molecule has 0 aliphatic heterocycles. The lowest BCUT2D eigenvalue weighted by Gasteiger charge is -2.34. The maximum atomic E-state index is 5.48. The minimum absolute atomic E-state index is 0.598. The van der Waals surface area contributed by atoms with Gasteiger partial charge in [-0.15, -0.1) is 0 Å². The fourth-order valence-corrected chi connectivity index (χ4v) is 9.68. The van der Waals surface area contributed by atoms with Crippen LogP contribution in [0.5, 0.6) is 0 Å². The lowest BCUT2D eigenvalue weighted by atomic mass is 9.67. The number of pyridine rings is 1. The molecule has 0 fully saturated rings. The Morgan fingerprint density at radius 2 is 1.00 bits per heavy atom. The Morgan fingerprint density at radius 1 is 0.397 bits per heavy atom. The zero-order valence-corrected chi connectivity index (χ0v) is 35.0. The van der Waals surface area contributed by atoms with Crippen LogP contribution in [0.4, 0.5) is 0 Å². The van der Waals surface area contributed by atoms with E-state index >= 15 is 0 Å². The van der Waals surface area contributed by atoms with Crippen LogP contribution in [0.3, 0.4) is 0 Å². The topological polar surface area (TPSA) is 38.7 Å². The second-order valence-electron chi connectivity index (χ2n) is 16.4. The third-order valence-corrected chi connectivity index (χ3v) is 12.5. The number of aromatic nitrogens is 3. The van der Waals surface area contributed by atoms with Crippen LogP contribution in [0.15, 0.2) is 231 Å². The summed E-state index contributed by atoms with van der Waals surface area (Å²) in [6.45, 7) is 2.13. The van der Waals surface area contributed by atoms with Crippen LogP contribution in [0.25, 0.3) is 67.4 Å². The van der Waals surface area contributed by atoms with Gasteiger partial charge >= 0.3 is 0 Å².